The van der Waals surface area contributed by atoms with Crippen LogP contribution in [0.3, 0.4) is 0 Å². The van der Waals surface area contributed by atoms with Crippen molar-refractivity contribution in [2.45, 2.75) is 18.1 Å². The SMILES string of the molecule is Cn1c(=O)[nH]c(=O)c2c1nc(N1CCN(CCO)CC1)n2CCCSc1ncccn1. The maximum Gasteiger partial charge on any atom is 0.329 e. The van der Waals surface area contributed by atoms with E-state index in [2.05, 4.69) is 24.8 Å². The molecule has 11 nitrogen and oxygen atoms in total. The Kier molecular flexibility index (Phi) is 6.68. The lowest BCUT2D eigenvalue weighted by Crippen LogP contribution is -2.48. The highest BCUT2D eigenvalue weighted by atomic mass is 32.2. The van der Waals surface area contributed by atoms with E-state index in [9.17, 15) is 14.7 Å². The molecular formula is C19H26N8O3S. The molecule has 0 atom stereocenters. The van der Waals surface area contributed by atoms with E-state index in [1.165, 1.54) is 4.57 Å². The second kappa shape index (κ2) is 9.62. The molecule has 0 bridgehead atoms. The molecule has 1 aliphatic rings. The Morgan fingerprint density at radius 2 is 1.87 bits per heavy atom. The number of rotatable bonds is 8. The number of hydrogen-bond donors (Lipinski definition) is 2. The van der Waals surface area contributed by atoms with E-state index in [1.807, 2.05) is 4.57 Å². The first-order chi connectivity index (χ1) is 15.1. The Morgan fingerprint density at radius 3 is 2.58 bits per heavy atom. The standard InChI is InChI=1S/C19H26N8O3S/c1-24-15-14(16(29)23-19(24)30)27(6-3-13-31-17-20-4-2-5-21-17)18(22-15)26-9-7-25(8-10-26)11-12-28/h2,4-5,28H,3,6-13H2,1H3,(H,23,29,30). The van der Waals surface area contributed by atoms with Crippen LogP contribution in [0, 0.1) is 0 Å². The van der Waals surface area contributed by atoms with Crippen molar-refractivity contribution in [2.75, 3.05) is 50.0 Å². The number of anilines is 1. The number of piperazine rings is 1. The molecule has 2 N–H and O–H groups in total. The fourth-order valence-electron chi connectivity index (χ4n) is 3.74. The van der Waals surface area contributed by atoms with Crippen molar-refractivity contribution < 1.29 is 5.11 Å². The van der Waals surface area contributed by atoms with Gasteiger partial charge in [0.1, 0.15) is 0 Å². The molecule has 166 valence electrons. The molecule has 4 rings (SSSR count). The van der Waals surface area contributed by atoms with Crippen LogP contribution in [-0.4, -0.2) is 84.2 Å². The van der Waals surface area contributed by atoms with Crippen molar-refractivity contribution in [3.05, 3.63) is 39.3 Å². The maximum atomic E-state index is 12.7. The largest absolute Gasteiger partial charge is 0.395 e. The summed E-state index contributed by atoms with van der Waals surface area (Å²) in [5.74, 6) is 1.49. The minimum Gasteiger partial charge on any atom is -0.395 e. The highest BCUT2D eigenvalue weighted by Gasteiger charge is 2.24. The summed E-state index contributed by atoms with van der Waals surface area (Å²) in [6.07, 6.45) is 4.22. The number of β-amino-alcohol motifs (C(OH)–C–C–N with tert-alkyl or cyclic N) is 1. The molecule has 3 aromatic rings. The second-order valence-electron chi connectivity index (χ2n) is 7.34. The predicted octanol–water partition coefficient (Wildman–Crippen LogP) is -0.490. The van der Waals surface area contributed by atoms with Gasteiger partial charge in [0.25, 0.3) is 5.56 Å². The molecule has 12 heteroatoms. The van der Waals surface area contributed by atoms with Gasteiger partial charge in [0, 0.05) is 64.5 Å². The Morgan fingerprint density at radius 1 is 1.13 bits per heavy atom. The van der Waals surface area contributed by atoms with E-state index < -0.39 is 11.2 Å². The highest BCUT2D eigenvalue weighted by molar-refractivity contribution is 7.99. The molecule has 0 aliphatic carbocycles. The molecule has 4 heterocycles. The summed E-state index contributed by atoms with van der Waals surface area (Å²) in [7, 11) is 1.61. The van der Waals surface area contributed by atoms with Gasteiger partial charge in [-0.05, 0) is 12.5 Å². The number of aliphatic hydroxyl groups excluding tert-OH is 1. The summed E-state index contributed by atoms with van der Waals surface area (Å²) in [6, 6.07) is 1.78. The number of fused-ring (bicyclic) bond motifs is 1. The zero-order valence-electron chi connectivity index (χ0n) is 17.4. The van der Waals surface area contributed by atoms with Gasteiger partial charge < -0.3 is 14.6 Å². The van der Waals surface area contributed by atoms with Crippen LogP contribution in [0.25, 0.3) is 11.2 Å². The first-order valence-corrected chi connectivity index (χ1v) is 11.2. The van der Waals surface area contributed by atoms with Crippen molar-refractivity contribution in [2.24, 2.45) is 7.05 Å². The van der Waals surface area contributed by atoms with Gasteiger partial charge in [-0.25, -0.2) is 14.8 Å². The first-order valence-electron chi connectivity index (χ1n) is 10.3. The van der Waals surface area contributed by atoms with E-state index in [1.54, 1.807) is 37.3 Å². The van der Waals surface area contributed by atoms with E-state index in [0.29, 0.717) is 30.2 Å². The predicted molar refractivity (Wildman–Crippen MR) is 119 cm³/mol. The smallest absolute Gasteiger partial charge is 0.329 e. The zero-order chi connectivity index (χ0) is 21.8. The number of aliphatic hydroxyl groups is 1. The Bertz CT molecular complexity index is 1130. The number of hydrogen-bond acceptors (Lipinski definition) is 9. The average Bonchev–Trinajstić information content (AvgIpc) is 3.17. The van der Waals surface area contributed by atoms with Crippen molar-refractivity contribution >= 4 is 28.9 Å². The number of H-pyrrole nitrogens is 1. The number of nitrogens with zero attached hydrogens (tertiary/aromatic N) is 7. The van der Waals surface area contributed by atoms with Crippen LogP contribution in [0.15, 0.2) is 33.2 Å². The zero-order valence-corrected chi connectivity index (χ0v) is 18.2. The molecule has 1 saturated heterocycles. The van der Waals surface area contributed by atoms with Gasteiger partial charge in [0.05, 0.1) is 6.61 Å². The molecule has 3 aromatic heterocycles. The maximum absolute atomic E-state index is 12.7. The van der Waals surface area contributed by atoms with Gasteiger partial charge in [-0.2, -0.15) is 4.98 Å². The topological polar surface area (TPSA) is 125 Å². The van der Waals surface area contributed by atoms with Gasteiger partial charge in [-0.3, -0.25) is 19.2 Å². The molecular weight excluding hydrogens is 420 g/mol. The molecule has 0 saturated carbocycles. The van der Waals surface area contributed by atoms with Gasteiger partial charge in [0.2, 0.25) is 5.95 Å². The summed E-state index contributed by atoms with van der Waals surface area (Å²) >= 11 is 1.56. The molecule has 31 heavy (non-hydrogen) atoms. The average molecular weight is 447 g/mol. The number of aryl methyl sites for hydroxylation is 2. The Balaban J connectivity index is 1.59. The number of aromatic nitrogens is 6. The third kappa shape index (κ3) is 4.65. The van der Waals surface area contributed by atoms with Crippen molar-refractivity contribution in [1.29, 1.82) is 0 Å². The second-order valence-corrected chi connectivity index (χ2v) is 8.40. The van der Waals surface area contributed by atoms with Gasteiger partial charge in [-0.1, -0.05) is 11.8 Å². The lowest BCUT2D eigenvalue weighted by atomic mass is 10.3. The molecule has 0 radical (unpaired) electrons. The fourth-order valence-corrected chi connectivity index (χ4v) is 4.46. The van der Waals surface area contributed by atoms with Crippen LogP contribution in [0.2, 0.25) is 0 Å². The van der Waals surface area contributed by atoms with E-state index in [4.69, 9.17) is 4.98 Å². The number of aromatic amines is 1. The first kappa shape index (κ1) is 21.5. The molecule has 0 unspecified atom stereocenters. The summed E-state index contributed by atoms with van der Waals surface area (Å²) in [5, 5.41) is 9.90. The summed E-state index contributed by atoms with van der Waals surface area (Å²) in [4.78, 5) is 44.6. The molecule has 1 aliphatic heterocycles. The normalized spacial score (nSPS) is 15.1. The highest BCUT2D eigenvalue weighted by Crippen LogP contribution is 2.22. The molecule has 0 spiro atoms. The Hall–Kier alpha value is -2.70. The van der Waals surface area contributed by atoms with Gasteiger partial charge >= 0.3 is 5.69 Å². The third-order valence-electron chi connectivity index (χ3n) is 5.36. The third-order valence-corrected chi connectivity index (χ3v) is 6.32. The van der Waals surface area contributed by atoms with Gasteiger partial charge in [0.15, 0.2) is 16.3 Å². The monoisotopic (exact) mass is 446 g/mol. The Labute approximate surface area is 182 Å². The quantitative estimate of drug-likeness (QED) is 0.268. The number of imidazole rings is 1. The molecule has 0 aromatic carbocycles. The summed E-state index contributed by atoms with van der Waals surface area (Å²) in [5.41, 5.74) is -0.0931. The number of nitrogens with one attached hydrogen (secondary N) is 1. The van der Waals surface area contributed by atoms with E-state index in [-0.39, 0.29) is 6.61 Å². The van der Waals surface area contributed by atoms with Crippen LogP contribution in [0.4, 0.5) is 5.95 Å². The minimum absolute atomic E-state index is 0.138. The van der Waals surface area contributed by atoms with Crippen LogP contribution >= 0.6 is 11.8 Å². The van der Waals surface area contributed by atoms with E-state index >= 15 is 0 Å². The van der Waals surface area contributed by atoms with Crippen LogP contribution < -0.4 is 16.1 Å². The van der Waals surface area contributed by atoms with Crippen LogP contribution in [0.1, 0.15) is 6.42 Å². The van der Waals surface area contributed by atoms with Gasteiger partial charge in [-0.15, -0.1) is 0 Å². The molecule has 1 fully saturated rings. The van der Waals surface area contributed by atoms with Crippen LogP contribution in [-0.2, 0) is 13.6 Å². The summed E-state index contributed by atoms with van der Waals surface area (Å²) < 4.78 is 3.30. The summed E-state index contributed by atoms with van der Waals surface area (Å²) in [6.45, 7) is 4.46. The molecule has 0 amide bonds. The number of thioether (sulfide) groups is 1. The lowest BCUT2D eigenvalue weighted by Gasteiger charge is -2.35. The van der Waals surface area contributed by atoms with Crippen molar-refractivity contribution in [3.8, 4) is 0 Å². The van der Waals surface area contributed by atoms with E-state index in [0.717, 1.165) is 43.5 Å². The van der Waals surface area contributed by atoms with Crippen LogP contribution in [0.5, 0.6) is 0 Å². The fraction of sp³-hybridized carbons (Fsp3) is 0.526. The lowest BCUT2D eigenvalue weighted by molar-refractivity contribution is 0.188. The van der Waals surface area contributed by atoms with Crippen molar-refractivity contribution in [3.63, 3.8) is 0 Å². The minimum atomic E-state index is -0.474. The van der Waals surface area contributed by atoms with Crippen molar-refractivity contribution in [1.82, 2.24) is 34.0 Å².